The van der Waals surface area contributed by atoms with E-state index in [1.807, 2.05) is 12.1 Å². The van der Waals surface area contributed by atoms with E-state index in [9.17, 15) is 0 Å². The summed E-state index contributed by atoms with van der Waals surface area (Å²) in [7, 11) is 4.29. The molecular formula is C12H19N3. The van der Waals surface area contributed by atoms with Crippen LogP contribution in [0, 0.1) is 0 Å². The van der Waals surface area contributed by atoms with Crippen LogP contribution in [-0.4, -0.2) is 38.1 Å². The lowest BCUT2D eigenvalue weighted by Crippen LogP contribution is -2.31. The van der Waals surface area contributed by atoms with E-state index >= 15 is 0 Å². The molecule has 0 unspecified atom stereocenters. The van der Waals surface area contributed by atoms with Gasteiger partial charge in [0.05, 0.1) is 0 Å². The second-order valence-electron chi connectivity index (χ2n) is 4.45. The molecule has 1 atom stereocenters. The number of likely N-dealkylation sites (N-methyl/N-ethyl adjacent to an activating group) is 1. The number of benzene rings is 1. The summed E-state index contributed by atoms with van der Waals surface area (Å²) in [4.78, 5) is 4.70. The first-order valence-corrected chi connectivity index (χ1v) is 5.44. The predicted octanol–water partition coefficient (Wildman–Crippen LogP) is 1.41. The first-order valence-electron chi connectivity index (χ1n) is 5.44. The molecule has 2 N–H and O–H groups in total. The van der Waals surface area contributed by atoms with Gasteiger partial charge in [-0.2, -0.15) is 0 Å². The molecule has 0 saturated carbocycles. The summed E-state index contributed by atoms with van der Waals surface area (Å²) in [5.74, 6) is 0. The van der Waals surface area contributed by atoms with Crippen molar-refractivity contribution < 1.29 is 0 Å². The lowest BCUT2D eigenvalue weighted by atomic mass is 10.2. The number of hydrogen-bond donors (Lipinski definition) is 1. The van der Waals surface area contributed by atoms with Crippen molar-refractivity contribution in [1.82, 2.24) is 4.90 Å². The highest BCUT2D eigenvalue weighted by molar-refractivity contribution is 5.56. The van der Waals surface area contributed by atoms with Crippen LogP contribution in [0.4, 0.5) is 11.4 Å². The minimum Gasteiger partial charge on any atom is -0.399 e. The van der Waals surface area contributed by atoms with Crippen LogP contribution in [0.5, 0.6) is 0 Å². The smallest absolute Gasteiger partial charge is 0.0387 e. The van der Waals surface area contributed by atoms with Gasteiger partial charge in [0, 0.05) is 30.5 Å². The number of nitrogen functional groups attached to an aromatic ring is 1. The topological polar surface area (TPSA) is 32.5 Å². The molecule has 1 aromatic rings. The third-order valence-electron chi connectivity index (χ3n) is 3.13. The van der Waals surface area contributed by atoms with E-state index in [4.69, 9.17) is 5.73 Å². The SMILES string of the molecule is CN(C)[C@H]1CCN(c2cccc(N)c2)C1. The second kappa shape index (κ2) is 4.11. The average molecular weight is 205 g/mol. The molecule has 0 aromatic heterocycles. The third-order valence-corrected chi connectivity index (χ3v) is 3.13. The summed E-state index contributed by atoms with van der Waals surface area (Å²) in [5.41, 5.74) is 7.88. The van der Waals surface area contributed by atoms with Crippen molar-refractivity contribution in [2.24, 2.45) is 0 Å². The van der Waals surface area contributed by atoms with Crippen LogP contribution in [-0.2, 0) is 0 Å². The van der Waals surface area contributed by atoms with Crippen molar-refractivity contribution in [2.75, 3.05) is 37.8 Å². The Bertz CT molecular complexity index is 335. The van der Waals surface area contributed by atoms with Gasteiger partial charge in [-0.25, -0.2) is 0 Å². The summed E-state index contributed by atoms with van der Waals surface area (Å²) in [6, 6.07) is 8.81. The Hall–Kier alpha value is -1.22. The Labute approximate surface area is 91.5 Å². The number of rotatable bonds is 2. The maximum Gasteiger partial charge on any atom is 0.0387 e. The third kappa shape index (κ3) is 2.23. The highest BCUT2D eigenvalue weighted by atomic mass is 15.2. The van der Waals surface area contributed by atoms with Crippen molar-refractivity contribution in [3.8, 4) is 0 Å². The molecule has 1 fully saturated rings. The van der Waals surface area contributed by atoms with E-state index < -0.39 is 0 Å². The summed E-state index contributed by atoms with van der Waals surface area (Å²) in [6.07, 6.45) is 1.24. The van der Waals surface area contributed by atoms with Crippen LogP contribution in [0.15, 0.2) is 24.3 Å². The molecule has 0 radical (unpaired) electrons. The molecule has 82 valence electrons. The van der Waals surface area contributed by atoms with Crippen LogP contribution in [0.1, 0.15) is 6.42 Å². The van der Waals surface area contributed by atoms with Crippen LogP contribution in [0.25, 0.3) is 0 Å². The van der Waals surface area contributed by atoms with Gasteiger partial charge in [0.15, 0.2) is 0 Å². The quantitative estimate of drug-likeness (QED) is 0.741. The van der Waals surface area contributed by atoms with Gasteiger partial charge < -0.3 is 15.5 Å². The minimum atomic E-state index is 0.673. The number of nitrogens with two attached hydrogens (primary N) is 1. The predicted molar refractivity (Wildman–Crippen MR) is 65.2 cm³/mol. The van der Waals surface area contributed by atoms with Crippen molar-refractivity contribution >= 4 is 11.4 Å². The van der Waals surface area contributed by atoms with Crippen molar-refractivity contribution in [3.05, 3.63) is 24.3 Å². The summed E-state index contributed by atoms with van der Waals surface area (Å²) >= 11 is 0. The largest absolute Gasteiger partial charge is 0.399 e. The lowest BCUT2D eigenvalue weighted by Gasteiger charge is -2.22. The molecule has 3 nitrogen and oxygen atoms in total. The van der Waals surface area contributed by atoms with Gasteiger partial charge in [0.2, 0.25) is 0 Å². The fourth-order valence-electron chi connectivity index (χ4n) is 2.12. The molecule has 1 aromatic carbocycles. The van der Waals surface area contributed by atoms with Gasteiger partial charge in [0.25, 0.3) is 0 Å². The Balaban J connectivity index is 2.08. The lowest BCUT2D eigenvalue weighted by molar-refractivity contribution is 0.315. The summed E-state index contributed by atoms with van der Waals surface area (Å²) < 4.78 is 0. The molecule has 0 aliphatic carbocycles. The fraction of sp³-hybridized carbons (Fsp3) is 0.500. The monoisotopic (exact) mass is 205 g/mol. The zero-order chi connectivity index (χ0) is 10.8. The molecule has 3 heteroatoms. The van der Waals surface area contributed by atoms with Gasteiger partial charge >= 0.3 is 0 Å². The van der Waals surface area contributed by atoms with Crippen LogP contribution >= 0.6 is 0 Å². The number of anilines is 2. The average Bonchev–Trinajstić information content (AvgIpc) is 2.66. The zero-order valence-corrected chi connectivity index (χ0v) is 9.48. The maximum atomic E-state index is 5.78. The van der Waals surface area contributed by atoms with E-state index in [0.717, 1.165) is 18.8 Å². The Morgan fingerprint density at radius 2 is 2.20 bits per heavy atom. The second-order valence-corrected chi connectivity index (χ2v) is 4.45. The maximum absolute atomic E-state index is 5.78. The molecule has 0 spiro atoms. The molecular weight excluding hydrogens is 186 g/mol. The van der Waals surface area contributed by atoms with E-state index in [0.29, 0.717) is 6.04 Å². The first kappa shape index (κ1) is 10.3. The van der Waals surface area contributed by atoms with Gasteiger partial charge in [-0.3, -0.25) is 0 Å². The van der Waals surface area contributed by atoms with Crippen LogP contribution < -0.4 is 10.6 Å². The molecule has 0 amide bonds. The van der Waals surface area contributed by atoms with E-state index in [1.165, 1.54) is 12.1 Å². The Morgan fingerprint density at radius 1 is 1.40 bits per heavy atom. The summed E-state index contributed by atoms with van der Waals surface area (Å²) in [5, 5.41) is 0. The van der Waals surface area contributed by atoms with E-state index in [1.54, 1.807) is 0 Å². The van der Waals surface area contributed by atoms with E-state index in [-0.39, 0.29) is 0 Å². The van der Waals surface area contributed by atoms with Gasteiger partial charge in [-0.05, 0) is 38.7 Å². The minimum absolute atomic E-state index is 0.673. The molecule has 1 saturated heterocycles. The highest BCUT2D eigenvalue weighted by Crippen LogP contribution is 2.23. The molecule has 0 bridgehead atoms. The molecule has 1 aliphatic rings. The molecule has 2 rings (SSSR count). The number of hydrogen-bond acceptors (Lipinski definition) is 3. The standard InChI is InChI=1S/C12H19N3/c1-14(2)12-6-7-15(9-12)11-5-3-4-10(13)8-11/h3-5,8,12H,6-7,9,13H2,1-2H3/t12-/m0/s1. The van der Waals surface area contributed by atoms with Crippen LogP contribution in [0.2, 0.25) is 0 Å². The molecule has 1 aliphatic heterocycles. The fourth-order valence-corrected chi connectivity index (χ4v) is 2.12. The van der Waals surface area contributed by atoms with Gasteiger partial charge in [0.1, 0.15) is 0 Å². The number of nitrogens with zero attached hydrogens (tertiary/aromatic N) is 2. The zero-order valence-electron chi connectivity index (χ0n) is 9.48. The van der Waals surface area contributed by atoms with Crippen LogP contribution in [0.3, 0.4) is 0 Å². The highest BCUT2D eigenvalue weighted by Gasteiger charge is 2.23. The van der Waals surface area contributed by atoms with Gasteiger partial charge in [-0.15, -0.1) is 0 Å². The van der Waals surface area contributed by atoms with Crippen molar-refractivity contribution in [2.45, 2.75) is 12.5 Å². The summed E-state index contributed by atoms with van der Waals surface area (Å²) in [6.45, 7) is 2.24. The Morgan fingerprint density at radius 3 is 2.80 bits per heavy atom. The Kier molecular flexibility index (Phi) is 2.82. The van der Waals surface area contributed by atoms with Crippen molar-refractivity contribution in [1.29, 1.82) is 0 Å². The van der Waals surface area contributed by atoms with E-state index in [2.05, 4.69) is 36.0 Å². The molecule has 1 heterocycles. The normalized spacial score (nSPS) is 21.3. The van der Waals surface area contributed by atoms with Crippen molar-refractivity contribution in [3.63, 3.8) is 0 Å². The first-order chi connectivity index (χ1) is 7.16. The molecule has 15 heavy (non-hydrogen) atoms. The van der Waals surface area contributed by atoms with Gasteiger partial charge in [-0.1, -0.05) is 6.07 Å².